The molecule has 0 amide bonds. The van der Waals surface area contributed by atoms with Crippen molar-refractivity contribution >= 4 is 5.82 Å². The molecular weight excluding hydrogens is 250 g/mol. The summed E-state index contributed by atoms with van der Waals surface area (Å²) in [6.07, 6.45) is 4.73. The first kappa shape index (κ1) is 15.3. The third-order valence-electron chi connectivity index (χ3n) is 3.95. The van der Waals surface area contributed by atoms with E-state index in [1.165, 1.54) is 25.9 Å². The normalized spacial score (nSPS) is 15.8. The van der Waals surface area contributed by atoms with Crippen LogP contribution in [-0.4, -0.2) is 48.2 Å². The van der Waals surface area contributed by atoms with E-state index in [0.717, 1.165) is 43.0 Å². The highest BCUT2D eigenvalue weighted by Gasteiger charge is 2.13. The number of anilines is 1. The van der Waals surface area contributed by atoms with Crippen molar-refractivity contribution in [2.24, 2.45) is 0 Å². The number of aliphatic hydroxyl groups excluding tert-OH is 1. The minimum absolute atomic E-state index is 0.0895. The van der Waals surface area contributed by atoms with E-state index in [-0.39, 0.29) is 6.61 Å². The molecule has 2 rings (SSSR count). The van der Waals surface area contributed by atoms with Crippen molar-refractivity contribution in [1.29, 1.82) is 0 Å². The summed E-state index contributed by atoms with van der Waals surface area (Å²) in [5, 5.41) is 9.38. The second-order valence-electron chi connectivity index (χ2n) is 5.70. The van der Waals surface area contributed by atoms with Gasteiger partial charge < -0.3 is 14.9 Å². The summed E-state index contributed by atoms with van der Waals surface area (Å²) in [6, 6.07) is 4.02. The fourth-order valence-corrected chi connectivity index (χ4v) is 2.72. The zero-order valence-corrected chi connectivity index (χ0v) is 12.8. The van der Waals surface area contributed by atoms with Crippen molar-refractivity contribution < 1.29 is 5.11 Å². The average Bonchev–Trinajstić information content (AvgIpc) is 2.98. The highest BCUT2D eigenvalue weighted by atomic mass is 16.3. The molecule has 0 aromatic carbocycles. The monoisotopic (exact) mass is 277 g/mol. The third kappa shape index (κ3) is 4.18. The van der Waals surface area contributed by atoms with Gasteiger partial charge in [-0.25, -0.2) is 4.98 Å². The minimum Gasteiger partial charge on any atom is -0.392 e. The molecule has 20 heavy (non-hydrogen) atoms. The number of pyridine rings is 1. The van der Waals surface area contributed by atoms with E-state index in [9.17, 15) is 5.11 Å². The van der Waals surface area contributed by atoms with Crippen LogP contribution >= 0.6 is 0 Å². The Hall–Kier alpha value is -1.13. The number of aromatic nitrogens is 1. The summed E-state index contributed by atoms with van der Waals surface area (Å²) in [5.41, 5.74) is 2.05. The van der Waals surface area contributed by atoms with E-state index in [0.29, 0.717) is 0 Å². The van der Waals surface area contributed by atoms with Gasteiger partial charge in [0.1, 0.15) is 5.82 Å². The Labute approximate surface area is 122 Å². The lowest BCUT2D eigenvalue weighted by Crippen LogP contribution is -2.32. The second-order valence-corrected chi connectivity index (χ2v) is 5.70. The van der Waals surface area contributed by atoms with Crippen LogP contribution < -0.4 is 4.90 Å². The Balaban J connectivity index is 1.99. The van der Waals surface area contributed by atoms with Crippen LogP contribution in [0.2, 0.25) is 0 Å². The molecule has 1 aromatic heterocycles. The summed E-state index contributed by atoms with van der Waals surface area (Å²) < 4.78 is 0. The van der Waals surface area contributed by atoms with Gasteiger partial charge in [-0.1, -0.05) is 13.3 Å². The standard InChI is InChI=1S/C16H27N3O/c1-3-6-15-11-14(13-20)12-16(17-15)18(2)9-10-19-7-4-5-8-19/h11-12,20H,3-10,13H2,1-2H3. The molecule has 1 N–H and O–H groups in total. The van der Waals surface area contributed by atoms with Gasteiger partial charge in [0.15, 0.2) is 0 Å². The Bertz CT molecular complexity index is 416. The Morgan fingerprint density at radius 2 is 2.05 bits per heavy atom. The Morgan fingerprint density at radius 1 is 1.30 bits per heavy atom. The van der Waals surface area contributed by atoms with E-state index < -0.39 is 0 Å². The predicted molar refractivity (Wildman–Crippen MR) is 83.1 cm³/mol. The topological polar surface area (TPSA) is 39.6 Å². The van der Waals surface area contributed by atoms with Crippen LogP contribution in [0.25, 0.3) is 0 Å². The van der Waals surface area contributed by atoms with Crippen molar-refractivity contribution in [2.75, 3.05) is 38.1 Å². The summed E-state index contributed by atoms with van der Waals surface area (Å²) in [5.74, 6) is 0.985. The van der Waals surface area contributed by atoms with E-state index in [2.05, 4.69) is 23.8 Å². The number of likely N-dealkylation sites (N-methyl/N-ethyl adjacent to an activating group) is 1. The van der Waals surface area contributed by atoms with Gasteiger partial charge in [-0.2, -0.15) is 0 Å². The average molecular weight is 277 g/mol. The molecule has 1 saturated heterocycles. The summed E-state index contributed by atoms with van der Waals surface area (Å²) in [4.78, 5) is 9.43. The second kappa shape index (κ2) is 7.60. The highest BCUT2D eigenvalue weighted by molar-refractivity contribution is 5.42. The van der Waals surface area contributed by atoms with Crippen molar-refractivity contribution in [3.63, 3.8) is 0 Å². The third-order valence-corrected chi connectivity index (χ3v) is 3.95. The van der Waals surface area contributed by atoms with Gasteiger partial charge >= 0.3 is 0 Å². The SMILES string of the molecule is CCCc1cc(CO)cc(N(C)CCN2CCCC2)n1. The van der Waals surface area contributed by atoms with Crippen LogP contribution in [0.15, 0.2) is 12.1 Å². The maximum absolute atomic E-state index is 9.38. The molecule has 1 aliphatic rings. The number of nitrogens with zero attached hydrogens (tertiary/aromatic N) is 3. The minimum atomic E-state index is 0.0895. The number of hydrogen-bond acceptors (Lipinski definition) is 4. The molecule has 0 atom stereocenters. The van der Waals surface area contributed by atoms with E-state index in [1.54, 1.807) is 0 Å². The summed E-state index contributed by atoms with van der Waals surface area (Å²) in [7, 11) is 2.09. The summed E-state index contributed by atoms with van der Waals surface area (Å²) >= 11 is 0. The maximum Gasteiger partial charge on any atom is 0.128 e. The van der Waals surface area contributed by atoms with Gasteiger partial charge in [-0.05, 0) is 50.0 Å². The maximum atomic E-state index is 9.38. The lowest BCUT2D eigenvalue weighted by atomic mass is 10.1. The number of hydrogen-bond donors (Lipinski definition) is 1. The molecule has 0 spiro atoms. The zero-order valence-electron chi connectivity index (χ0n) is 12.8. The first-order valence-corrected chi connectivity index (χ1v) is 7.77. The lowest BCUT2D eigenvalue weighted by molar-refractivity contribution is 0.281. The van der Waals surface area contributed by atoms with E-state index in [4.69, 9.17) is 4.98 Å². The molecule has 4 heteroatoms. The number of aliphatic hydroxyl groups is 1. The highest BCUT2D eigenvalue weighted by Crippen LogP contribution is 2.16. The van der Waals surface area contributed by atoms with E-state index >= 15 is 0 Å². The van der Waals surface area contributed by atoms with Crippen LogP contribution in [-0.2, 0) is 13.0 Å². The first-order chi connectivity index (χ1) is 9.72. The molecule has 1 fully saturated rings. The van der Waals surface area contributed by atoms with Gasteiger partial charge in [0, 0.05) is 25.8 Å². The van der Waals surface area contributed by atoms with Crippen molar-refractivity contribution in [3.05, 3.63) is 23.4 Å². The quantitative estimate of drug-likeness (QED) is 0.828. The number of rotatable bonds is 7. The van der Waals surface area contributed by atoms with Crippen molar-refractivity contribution in [2.45, 2.75) is 39.2 Å². The van der Waals surface area contributed by atoms with Gasteiger partial charge in [0.25, 0.3) is 0 Å². The molecule has 2 heterocycles. The Morgan fingerprint density at radius 3 is 2.70 bits per heavy atom. The molecule has 0 aliphatic carbocycles. The number of likely N-dealkylation sites (tertiary alicyclic amines) is 1. The fraction of sp³-hybridized carbons (Fsp3) is 0.688. The molecule has 0 unspecified atom stereocenters. The molecule has 112 valence electrons. The molecule has 1 aromatic rings. The smallest absolute Gasteiger partial charge is 0.128 e. The van der Waals surface area contributed by atoms with Crippen LogP contribution in [0.3, 0.4) is 0 Å². The van der Waals surface area contributed by atoms with Crippen LogP contribution in [0, 0.1) is 0 Å². The molecule has 0 saturated carbocycles. The lowest BCUT2D eigenvalue weighted by Gasteiger charge is -2.23. The fourth-order valence-electron chi connectivity index (χ4n) is 2.72. The van der Waals surface area contributed by atoms with Crippen LogP contribution in [0.5, 0.6) is 0 Å². The molecule has 0 bridgehead atoms. The van der Waals surface area contributed by atoms with Crippen molar-refractivity contribution in [3.8, 4) is 0 Å². The number of aryl methyl sites for hydroxylation is 1. The molecule has 0 radical (unpaired) electrons. The van der Waals surface area contributed by atoms with Gasteiger partial charge in [-0.3, -0.25) is 0 Å². The zero-order chi connectivity index (χ0) is 14.4. The van der Waals surface area contributed by atoms with Gasteiger partial charge in [-0.15, -0.1) is 0 Å². The van der Waals surface area contributed by atoms with Gasteiger partial charge in [0.2, 0.25) is 0 Å². The van der Waals surface area contributed by atoms with Crippen LogP contribution in [0.4, 0.5) is 5.82 Å². The van der Waals surface area contributed by atoms with E-state index in [1.807, 2.05) is 12.1 Å². The molecule has 1 aliphatic heterocycles. The summed E-state index contributed by atoms with van der Waals surface area (Å²) in [6.45, 7) is 6.81. The Kier molecular flexibility index (Phi) is 5.80. The van der Waals surface area contributed by atoms with Gasteiger partial charge in [0.05, 0.1) is 6.61 Å². The predicted octanol–water partition coefficient (Wildman–Crippen LogP) is 2.06. The first-order valence-electron chi connectivity index (χ1n) is 7.77. The van der Waals surface area contributed by atoms with Crippen molar-refractivity contribution in [1.82, 2.24) is 9.88 Å². The molecular formula is C16H27N3O. The van der Waals surface area contributed by atoms with Crippen LogP contribution in [0.1, 0.15) is 37.4 Å². The largest absolute Gasteiger partial charge is 0.392 e. The molecule has 4 nitrogen and oxygen atoms in total.